The van der Waals surface area contributed by atoms with Gasteiger partial charge in [0.15, 0.2) is 0 Å². The summed E-state index contributed by atoms with van der Waals surface area (Å²) in [6.45, 7) is 27.4. The molecule has 28 heavy (non-hydrogen) atoms. The van der Waals surface area contributed by atoms with E-state index in [1.165, 1.54) is 16.8 Å². The van der Waals surface area contributed by atoms with Crippen LogP contribution in [0.4, 0.5) is 5.69 Å². The molecule has 2 radical (unpaired) electrons. The van der Waals surface area contributed by atoms with Gasteiger partial charge in [-0.1, -0.05) is 70.9 Å². The van der Waals surface area contributed by atoms with E-state index in [2.05, 4.69) is 97.7 Å². The van der Waals surface area contributed by atoms with E-state index in [4.69, 9.17) is 19.8 Å². The Morgan fingerprint density at radius 1 is 0.964 bits per heavy atom. The largest absolute Gasteiger partial charge is 0.120 e. The van der Waals surface area contributed by atoms with Gasteiger partial charge in [0.05, 0.1) is 5.69 Å². The molecule has 1 aromatic carbocycles. The van der Waals surface area contributed by atoms with E-state index in [0.29, 0.717) is 11.8 Å². The van der Waals surface area contributed by atoms with E-state index in [0.717, 1.165) is 6.42 Å². The normalized spacial score (nSPS) is 15.4. The number of para-hydroxylation sites is 1. The second kappa shape index (κ2) is 13.6. The standard InChI is InChI=1S/C20H31N.2CO.Co.NO/c1-14(2)16-10-9-11-17(15(3)4)18(16)21-13-19(5,6)12-20(21,7)8;2*1-2;;1-2/h9-11,14-15H,12H2,1-8H3;;;;. The molecule has 0 aromatic heterocycles. The van der Waals surface area contributed by atoms with Crippen LogP contribution in [0.1, 0.15) is 84.8 Å². The summed E-state index contributed by atoms with van der Waals surface area (Å²) in [5.74, 6) is 1.06. The van der Waals surface area contributed by atoms with E-state index in [1.807, 2.05) is 0 Å². The molecule has 1 aromatic rings. The smallest absolute Gasteiger partial charge is 0.120 e. The summed E-state index contributed by atoms with van der Waals surface area (Å²) >= 11 is 0. The fourth-order valence-electron chi connectivity index (χ4n) is 3.78. The molecule has 1 heterocycles. The second-order valence-corrected chi connectivity index (χ2v) is 8.41. The van der Waals surface area contributed by atoms with Crippen molar-refractivity contribution >= 4 is 11.9 Å². The van der Waals surface area contributed by atoms with Gasteiger partial charge in [0.2, 0.25) is 0 Å². The average molecular weight is 430 g/mol. The van der Waals surface area contributed by atoms with Gasteiger partial charge in [0, 0.05) is 29.4 Å². The molecule has 5 nitrogen and oxygen atoms in total. The Morgan fingerprint density at radius 2 is 1.32 bits per heavy atom. The van der Waals surface area contributed by atoms with Gasteiger partial charge >= 0.3 is 22.6 Å². The van der Waals surface area contributed by atoms with Gasteiger partial charge in [-0.2, -0.15) is 0 Å². The van der Waals surface area contributed by atoms with Crippen LogP contribution in [0.25, 0.3) is 0 Å². The number of hydrogen-bond donors (Lipinski definition) is 0. The van der Waals surface area contributed by atoms with Gasteiger partial charge in [-0.25, -0.2) is 0 Å². The first-order chi connectivity index (χ1) is 12.6. The quantitative estimate of drug-likeness (QED) is 0.368. The third-order valence-corrected chi connectivity index (χ3v) is 4.46. The molecule has 0 atom stereocenters. The van der Waals surface area contributed by atoms with Crippen LogP contribution in [-0.4, -0.2) is 16.3 Å². The van der Waals surface area contributed by atoms with Crippen molar-refractivity contribution in [3.63, 3.8) is 0 Å². The van der Waals surface area contributed by atoms with Crippen molar-refractivity contribution < 1.29 is 30.7 Å². The maximum absolute atomic E-state index is 7.50. The molecule has 0 fully saturated rings. The summed E-state index contributed by atoms with van der Waals surface area (Å²) in [7, 11) is 0. The summed E-state index contributed by atoms with van der Waals surface area (Å²) in [5, 5.41) is 0. The Hall–Kier alpha value is -1.52. The van der Waals surface area contributed by atoms with Crippen LogP contribution in [0.3, 0.4) is 0 Å². The average Bonchev–Trinajstić information content (AvgIpc) is 2.86. The Balaban J connectivity index is -0.000000815. The molecule has 0 spiro atoms. The molecular formula is C22H31CoN2O3. The van der Waals surface area contributed by atoms with Crippen molar-refractivity contribution in [3.05, 3.63) is 47.5 Å². The van der Waals surface area contributed by atoms with E-state index in [1.54, 1.807) is 0 Å². The van der Waals surface area contributed by atoms with Crippen molar-refractivity contribution in [2.45, 2.75) is 79.2 Å². The Bertz CT molecular complexity index is 643. The minimum absolute atomic E-state index is 0. The first-order valence-corrected chi connectivity index (χ1v) is 8.85. The van der Waals surface area contributed by atoms with Crippen LogP contribution in [0.5, 0.6) is 0 Å². The van der Waals surface area contributed by atoms with Crippen molar-refractivity contribution in [2.24, 2.45) is 5.41 Å². The van der Waals surface area contributed by atoms with E-state index in [9.17, 15) is 0 Å². The van der Waals surface area contributed by atoms with Crippen molar-refractivity contribution in [1.29, 1.82) is 0 Å². The molecule has 0 saturated heterocycles. The molecule has 1 aliphatic rings. The van der Waals surface area contributed by atoms with E-state index in [-0.39, 0.29) is 27.7 Å². The zero-order chi connectivity index (χ0) is 22.0. The Labute approximate surface area is 180 Å². The van der Waals surface area contributed by atoms with Crippen LogP contribution in [0.15, 0.2) is 18.2 Å². The molecule has 0 unspecified atom stereocenters. The molecule has 0 saturated carbocycles. The van der Waals surface area contributed by atoms with E-state index >= 15 is 0 Å². The molecule has 0 aliphatic carbocycles. The first kappa shape index (κ1) is 31.2. The molecule has 0 N–H and O–H groups in total. The third-order valence-electron chi connectivity index (χ3n) is 4.46. The first-order valence-electron chi connectivity index (χ1n) is 8.85. The van der Waals surface area contributed by atoms with Crippen molar-refractivity contribution in [2.75, 3.05) is 0 Å². The zero-order valence-electron chi connectivity index (χ0n) is 18.0. The van der Waals surface area contributed by atoms with Crippen LogP contribution < -0.4 is 5.59 Å². The van der Waals surface area contributed by atoms with E-state index < -0.39 is 0 Å². The summed E-state index contributed by atoms with van der Waals surface area (Å²) in [6, 6.07) is 6.78. The van der Waals surface area contributed by atoms with Gasteiger partial charge in [-0.05, 0) is 31.1 Å². The maximum atomic E-state index is 7.50. The van der Waals surface area contributed by atoms with Gasteiger partial charge in [-0.3, -0.25) is 0 Å². The van der Waals surface area contributed by atoms with Crippen LogP contribution in [0, 0.1) is 23.6 Å². The van der Waals surface area contributed by atoms with Gasteiger partial charge < -0.3 is 4.58 Å². The minimum atomic E-state index is 0. The van der Waals surface area contributed by atoms with Crippen LogP contribution >= 0.6 is 0 Å². The topological polar surface area (TPSA) is 82.2 Å². The molecule has 2 rings (SSSR count). The molecule has 6 heteroatoms. The predicted molar refractivity (Wildman–Crippen MR) is 105 cm³/mol. The van der Waals surface area contributed by atoms with Crippen LogP contribution in [0.2, 0.25) is 0 Å². The fourth-order valence-corrected chi connectivity index (χ4v) is 3.78. The molecule has 0 amide bonds. The number of benzene rings is 1. The monoisotopic (exact) mass is 430 g/mol. The Kier molecular flexibility index (Phi) is 15.2. The molecule has 0 bridgehead atoms. The number of nitrogens with zero attached hydrogens (tertiary/aromatic N) is 2. The van der Waals surface area contributed by atoms with Gasteiger partial charge in [-0.15, -0.1) is 4.91 Å². The predicted octanol–water partition coefficient (Wildman–Crippen LogP) is 5.21. The summed E-state index contributed by atoms with van der Waals surface area (Å²) < 4.78 is 17.4. The van der Waals surface area contributed by atoms with Crippen molar-refractivity contribution in [1.82, 2.24) is 5.59 Å². The fraction of sp³-hybridized carbons (Fsp3) is 0.591. The molecular weight excluding hydrogens is 399 g/mol. The Morgan fingerprint density at radius 3 is 1.57 bits per heavy atom. The summed E-state index contributed by atoms with van der Waals surface area (Å²) in [6.07, 6.45) is 4.90. The van der Waals surface area contributed by atoms with Gasteiger partial charge in [0.25, 0.3) is 0 Å². The van der Waals surface area contributed by atoms with Crippen molar-refractivity contribution in [3.8, 4) is 0 Å². The SMILES string of the molecule is CC(C)c1cccc(C(C)C)c1[N+]1=[C-]C(C)(C)CC1(C)C.[C-]#[O+].[C-]#[O+].[Co].[N]=O. The maximum Gasteiger partial charge on any atom is 0.120 e. The zero-order valence-corrected chi connectivity index (χ0v) is 19.1. The molecule has 1 aliphatic heterocycles. The minimum Gasteiger partial charge on any atom is -0.120 e. The number of rotatable bonds is 3. The summed E-state index contributed by atoms with van der Waals surface area (Å²) in [5.41, 5.74) is 10.3. The second-order valence-electron chi connectivity index (χ2n) is 8.41. The number of nitroso groups, excluding NO2 is 1. The summed E-state index contributed by atoms with van der Waals surface area (Å²) in [4.78, 5) is 7.25. The van der Waals surface area contributed by atoms with Gasteiger partial charge in [0.1, 0.15) is 11.1 Å². The third kappa shape index (κ3) is 7.84. The number of hydrogen-bond acceptors (Lipinski definition) is 1. The molecule has 156 valence electrons. The van der Waals surface area contributed by atoms with Crippen LogP contribution in [-0.2, 0) is 26.1 Å².